The molecule has 1 amide bonds. The van der Waals surface area contributed by atoms with Gasteiger partial charge in [0.1, 0.15) is 0 Å². The summed E-state index contributed by atoms with van der Waals surface area (Å²) in [6, 6.07) is 0. The second kappa shape index (κ2) is 5.84. The first-order valence-electron chi connectivity index (χ1n) is 5.81. The summed E-state index contributed by atoms with van der Waals surface area (Å²) in [5.41, 5.74) is 5.52. The van der Waals surface area contributed by atoms with Crippen molar-refractivity contribution in [2.24, 2.45) is 17.6 Å². The minimum Gasteiger partial charge on any atom is -0.481 e. The molecule has 1 unspecified atom stereocenters. The van der Waals surface area contributed by atoms with Crippen LogP contribution in [0.5, 0.6) is 0 Å². The number of likely N-dealkylation sites (tertiary alicyclic amines) is 1. The molecule has 5 nitrogen and oxygen atoms in total. The molecule has 1 fully saturated rings. The maximum absolute atomic E-state index is 12.0. The molecule has 3 N–H and O–H groups in total. The van der Waals surface area contributed by atoms with Gasteiger partial charge < -0.3 is 15.7 Å². The molecular formula is C11H20N2O3. The van der Waals surface area contributed by atoms with E-state index in [9.17, 15) is 9.59 Å². The second-order valence-electron chi connectivity index (χ2n) is 4.30. The van der Waals surface area contributed by atoms with Gasteiger partial charge in [-0.1, -0.05) is 6.92 Å². The highest BCUT2D eigenvalue weighted by atomic mass is 16.4. The third-order valence-corrected chi connectivity index (χ3v) is 3.21. The van der Waals surface area contributed by atoms with Crippen molar-refractivity contribution >= 4 is 11.9 Å². The van der Waals surface area contributed by atoms with Crippen LogP contribution in [0.15, 0.2) is 0 Å². The molecular weight excluding hydrogens is 208 g/mol. The number of nitrogens with two attached hydrogens (primary N) is 1. The van der Waals surface area contributed by atoms with E-state index < -0.39 is 11.9 Å². The number of hydrogen-bond donors (Lipinski definition) is 2. The van der Waals surface area contributed by atoms with Crippen molar-refractivity contribution in [2.75, 3.05) is 19.6 Å². The number of aliphatic carboxylic acids is 1. The van der Waals surface area contributed by atoms with Crippen LogP contribution in [-0.4, -0.2) is 41.5 Å². The molecule has 0 aromatic carbocycles. The van der Waals surface area contributed by atoms with Crippen molar-refractivity contribution < 1.29 is 14.7 Å². The zero-order valence-corrected chi connectivity index (χ0v) is 9.69. The Kier molecular flexibility index (Phi) is 4.73. The normalized spacial score (nSPS) is 22.9. The maximum atomic E-state index is 12.0. The summed E-state index contributed by atoms with van der Waals surface area (Å²) >= 11 is 0. The molecule has 1 heterocycles. The van der Waals surface area contributed by atoms with E-state index in [0.717, 1.165) is 6.42 Å². The Bertz CT molecular complexity index is 264. The minimum atomic E-state index is -0.807. The van der Waals surface area contributed by atoms with Crippen molar-refractivity contribution in [3.8, 4) is 0 Å². The molecule has 1 aliphatic heterocycles. The van der Waals surface area contributed by atoms with Crippen LogP contribution < -0.4 is 5.73 Å². The van der Waals surface area contributed by atoms with Gasteiger partial charge in [-0.15, -0.1) is 0 Å². The van der Waals surface area contributed by atoms with Crippen LogP contribution >= 0.6 is 0 Å². The number of hydrogen-bond acceptors (Lipinski definition) is 3. The fraction of sp³-hybridized carbons (Fsp3) is 0.818. The number of carbonyl (C=O) groups is 2. The summed E-state index contributed by atoms with van der Waals surface area (Å²) in [7, 11) is 0. The Morgan fingerprint density at radius 3 is 2.75 bits per heavy atom. The van der Waals surface area contributed by atoms with Crippen LogP contribution in [0.2, 0.25) is 0 Å². The summed E-state index contributed by atoms with van der Waals surface area (Å²) < 4.78 is 0. The number of rotatable bonds is 4. The van der Waals surface area contributed by atoms with Gasteiger partial charge >= 0.3 is 5.97 Å². The molecule has 92 valence electrons. The van der Waals surface area contributed by atoms with E-state index in [-0.39, 0.29) is 11.8 Å². The van der Waals surface area contributed by atoms with E-state index in [4.69, 9.17) is 10.8 Å². The summed E-state index contributed by atoms with van der Waals surface area (Å²) in [6.45, 7) is 3.27. The van der Waals surface area contributed by atoms with Gasteiger partial charge in [-0.2, -0.15) is 0 Å². The Balaban J connectivity index is 2.59. The number of carbonyl (C=O) groups excluding carboxylic acids is 1. The first kappa shape index (κ1) is 13.0. The van der Waals surface area contributed by atoms with Gasteiger partial charge in [0.05, 0.1) is 11.8 Å². The highest BCUT2D eigenvalue weighted by molar-refractivity contribution is 5.80. The van der Waals surface area contributed by atoms with Crippen molar-refractivity contribution in [2.45, 2.75) is 26.2 Å². The summed E-state index contributed by atoms with van der Waals surface area (Å²) in [6.07, 6.45) is 2.14. The van der Waals surface area contributed by atoms with Crippen LogP contribution in [0.1, 0.15) is 26.2 Å². The Morgan fingerprint density at radius 2 is 2.25 bits per heavy atom. The van der Waals surface area contributed by atoms with Crippen LogP contribution in [0, 0.1) is 11.8 Å². The topological polar surface area (TPSA) is 83.6 Å². The molecule has 0 aromatic heterocycles. The lowest BCUT2D eigenvalue weighted by Crippen LogP contribution is -2.46. The van der Waals surface area contributed by atoms with Crippen LogP contribution in [0.25, 0.3) is 0 Å². The lowest BCUT2D eigenvalue weighted by Gasteiger charge is -2.32. The molecule has 16 heavy (non-hydrogen) atoms. The third-order valence-electron chi connectivity index (χ3n) is 3.21. The molecule has 0 radical (unpaired) electrons. The minimum absolute atomic E-state index is 0.0101. The van der Waals surface area contributed by atoms with Gasteiger partial charge in [-0.05, 0) is 19.3 Å². The SMILES string of the molecule is CCC(CN)C(=O)N1CCC[C@H](C(=O)O)C1. The molecule has 1 saturated heterocycles. The number of carboxylic acid groups (broad SMARTS) is 1. The fourth-order valence-electron chi connectivity index (χ4n) is 2.08. The monoisotopic (exact) mass is 228 g/mol. The second-order valence-corrected chi connectivity index (χ2v) is 4.30. The van der Waals surface area contributed by atoms with E-state index in [2.05, 4.69) is 0 Å². The number of amides is 1. The van der Waals surface area contributed by atoms with Gasteiger partial charge in [0, 0.05) is 19.6 Å². The first-order valence-corrected chi connectivity index (χ1v) is 5.81. The van der Waals surface area contributed by atoms with Crippen LogP contribution in [0.4, 0.5) is 0 Å². The molecule has 0 bridgehead atoms. The predicted octanol–water partition coefficient (Wildman–Crippen LogP) is 0.295. The summed E-state index contributed by atoms with van der Waals surface area (Å²) in [4.78, 5) is 24.5. The van der Waals surface area contributed by atoms with Gasteiger partial charge in [0.15, 0.2) is 0 Å². The average Bonchev–Trinajstić information content (AvgIpc) is 2.30. The summed E-state index contributed by atoms with van der Waals surface area (Å²) in [5, 5.41) is 8.93. The molecule has 0 aromatic rings. The third kappa shape index (κ3) is 2.95. The Morgan fingerprint density at radius 1 is 1.56 bits per heavy atom. The highest BCUT2D eigenvalue weighted by Crippen LogP contribution is 2.19. The molecule has 1 aliphatic rings. The van der Waals surface area contributed by atoms with E-state index in [1.807, 2.05) is 6.92 Å². The average molecular weight is 228 g/mol. The predicted molar refractivity (Wildman–Crippen MR) is 59.8 cm³/mol. The van der Waals surface area contributed by atoms with Crippen molar-refractivity contribution in [3.05, 3.63) is 0 Å². The Labute approximate surface area is 95.6 Å². The zero-order valence-electron chi connectivity index (χ0n) is 9.69. The van der Waals surface area contributed by atoms with E-state index in [0.29, 0.717) is 32.5 Å². The standard InChI is InChI=1S/C11H20N2O3/c1-2-8(6-12)10(14)13-5-3-4-9(7-13)11(15)16/h8-9H,2-7,12H2,1H3,(H,15,16)/t8?,9-/m0/s1. The number of piperidine rings is 1. The lowest BCUT2D eigenvalue weighted by atomic mass is 9.96. The van der Waals surface area contributed by atoms with Crippen molar-refractivity contribution in [1.82, 2.24) is 4.90 Å². The highest BCUT2D eigenvalue weighted by Gasteiger charge is 2.30. The summed E-state index contributed by atoms with van der Waals surface area (Å²) in [5.74, 6) is -1.37. The lowest BCUT2D eigenvalue weighted by molar-refractivity contribution is -0.146. The molecule has 0 aliphatic carbocycles. The molecule has 1 rings (SSSR count). The van der Waals surface area contributed by atoms with Gasteiger partial charge in [0.2, 0.25) is 5.91 Å². The quantitative estimate of drug-likeness (QED) is 0.724. The Hall–Kier alpha value is -1.10. The molecule has 2 atom stereocenters. The molecule has 0 saturated carbocycles. The smallest absolute Gasteiger partial charge is 0.308 e. The van der Waals surface area contributed by atoms with Crippen molar-refractivity contribution in [1.29, 1.82) is 0 Å². The number of carboxylic acids is 1. The van der Waals surface area contributed by atoms with E-state index in [1.165, 1.54) is 0 Å². The van der Waals surface area contributed by atoms with Gasteiger partial charge in [-0.25, -0.2) is 0 Å². The van der Waals surface area contributed by atoms with E-state index in [1.54, 1.807) is 4.90 Å². The first-order chi connectivity index (χ1) is 7.60. The van der Waals surface area contributed by atoms with Crippen LogP contribution in [0.3, 0.4) is 0 Å². The van der Waals surface area contributed by atoms with Crippen molar-refractivity contribution in [3.63, 3.8) is 0 Å². The maximum Gasteiger partial charge on any atom is 0.308 e. The number of nitrogens with zero attached hydrogens (tertiary/aromatic N) is 1. The van der Waals surface area contributed by atoms with Crippen LogP contribution in [-0.2, 0) is 9.59 Å². The molecule has 0 spiro atoms. The largest absolute Gasteiger partial charge is 0.481 e. The zero-order chi connectivity index (χ0) is 12.1. The van der Waals surface area contributed by atoms with E-state index >= 15 is 0 Å². The molecule has 5 heteroatoms. The fourth-order valence-corrected chi connectivity index (χ4v) is 2.08. The van der Waals surface area contributed by atoms with Gasteiger partial charge in [0.25, 0.3) is 0 Å². The van der Waals surface area contributed by atoms with Gasteiger partial charge in [-0.3, -0.25) is 9.59 Å².